The highest BCUT2D eigenvalue weighted by molar-refractivity contribution is 7.12. The molecule has 1 fully saturated rings. The molecule has 3 atom stereocenters. The van der Waals surface area contributed by atoms with Gasteiger partial charge in [-0.1, -0.05) is 30.3 Å². The minimum absolute atomic E-state index is 0.0500. The van der Waals surface area contributed by atoms with Crippen LogP contribution in [0.25, 0.3) is 0 Å². The third kappa shape index (κ3) is 3.17. The first-order valence-electron chi connectivity index (χ1n) is 7.21. The second-order valence-electron chi connectivity index (χ2n) is 5.55. The average molecular weight is 301 g/mol. The van der Waals surface area contributed by atoms with Gasteiger partial charge in [-0.05, 0) is 31.0 Å². The summed E-state index contributed by atoms with van der Waals surface area (Å²) in [6.45, 7) is 2.01. The molecule has 2 N–H and O–H groups in total. The fraction of sp³-hybridized carbons (Fsp3) is 0.353. The Balaban J connectivity index is 1.62. The smallest absolute Gasteiger partial charge is 0.224 e. The van der Waals surface area contributed by atoms with Crippen molar-refractivity contribution in [3.05, 3.63) is 57.8 Å². The monoisotopic (exact) mass is 301 g/mol. The predicted molar refractivity (Wildman–Crippen MR) is 84.3 cm³/mol. The lowest BCUT2D eigenvalue weighted by Gasteiger charge is -2.16. The summed E-state index contributed by atoms with van der Waals surface area (Å²) >= 11 is 1.77. The molecule has 3 rings (SSSR count). The SMILES string of the molecule is Cc1ccc(C2CC2C(=O)NC(CO)c2ccccc2)s1. The maximum absolute atomic E-state index is 12.3. The van der Waals surface area contributed by atoms with E-state index in [0.29, 0.717) is 5.92 Å². The lowest BCUT2D eigenvalue weighted by Crippen LogP contribution is -2.32. The minimum atomic E-state index is -0.315. The lowest BCUT2D eigenvalue weighted by atomic mass is 10.1. The van der Waals surface area contributed by atoms with E-state index in [1.54, 1.807) is 11.3 Å². The average Bonchev–Trinajstić information content (AvgIpc) is 3.20. The number of aliphatic hydroxyl groups excluding tert-OH is 1. The molecule has 3 unspecified atom stereocenters. The molecular formula is C17H19NO2S. The third-order valence-corrected chi connectivity index (χ3v) is 5.09. The van der Waals surface area contributed by atoms with E-state index in [4.69, 9.17) is 0 Å². The van der Waals surface area contributed by atoms with Gasteiger partial charge in [-0.25, -0.2) is 0 Å². The van der Waals surface area contributed by atoms with E-state index in [2.05, 4.69) is 24.4 Å². The van der Waals surface area contributed by atoms with E-state index < -0.39 is 0 Å². The number of aryl methyl sites for hydroxylation is 1. The normalized spacial score (nSPS) is 21.8. The minimum Gasteiger partial charge on any atom is -0.394 e. The van der Waals surface area contributed by atoms with Crippen LogP contribution < -0.4 is 5.32 Å². The van der Waals surface area contributed by atoms with Crippen LogP contribution >= 0.6 is 11.3 Å². The standard InChI is InChI=1S/C17H19NO2S/c1-11-7-8-16(21-11)13-9-14(13)17(20)18-15(10-19)12-5-3-2-4-6-12/h2-8,13-15,19H,9-10H2,1H3,(H,18,20). The van der Waals surface area contributed by atoms with Gasteiger partial charge in [0.1, 0.15) is 0 Å². The second kappa shape index (κ2) is 6.00. The number of hydrogen-bond donors (Lipinski definition) is 2. The van der Waals surface area contributed by atoms with Crippen LogP contribution in [0.2, 0.25) is 0 Å². The number of aliphatic hydroxyl groups is 1. The molecule has 1 aliphatic carbocycles. The van der Waals surface area contributed by atoms with Gasteiger partial charge in [-0.15, -0.1) is 11.3 Å². The summed E-state index contributed by atoms with van der Waals surface area (Å²) in [5.41, 5.74) is 0.942. The number of thiophene rings is 1. The molecule has 0 aliphatic heterocycles. The number of hydrogen-bond acceptors (Lipinski definition) is 3. The van der Waals surface area contributed by atoms with E-state index in [0.717, 1.165) is 12.0 Å². The molecule has 0 bridgehead atoms. The zero-order chi connectivity index (χ0) is 14.8. The number of carbonyl (C=O) groups is 1. The quantitative estimate of drug-likeness (QED) is 0.892. The maximum Gasteiger partial charge on any atom is 0.224 e. The van der Waals surface area contributed by atoms with Crippen LogP contribution in [0, 0.1) is 12.8 Å². The van der Waals surface area contributed by atoms with Gasteiger partial charge in [-0.2, -0.15) is 0 Å². The van der Waals surface area contributed by atoms with Crippen LogP contribution in [-0.4, -0.2) is 17.6 Å². The van der Waals surface area contributed by atoms with Gasteiger partial charge in [0.05, 0.1) is 12.6 Å². The van der Waals surface area contributed by atoms with E-state index in [1.807, 2.05) is 30.3 Å². The van der Waals surface area contributed by atoms with Crippen molar-refractivity contribution in [3.8, 4) is 0 Å². The molecule has 0 radical (unpaired) electrons. The Labute approximate surface area is 128 Å². The highest BCUT2D eigenvalue weighted by atomic mass is 32.1. The Bertz CT molecular complexity index is 623. The van der Waals surface area contributed by atoms with Crippen LogP contribution in [0.5, 0.6) is 0 Å². The molecule has 1 aliphatic rings. The van der Waals surface area contributed by atoms with E-state index in [9.17, 15) is 9.90 Å². The Morgan fingerprint density at radius 3 is 2.71 bits per heavy atom. The molecule has 1 saturated carbocycles. The van der Waals surface area contributed by atoms with Crippen molar-refractivity contribution in [1.82, 2.24) is 5.32 Å². The summed E-state index contributed by atoms with van der Waals surface area (Å²) in [6.07, 6.45) is 0.915. The summed E-state index contributed by atoms with van der Waals surface area (Å²) in [5, 5.41) is 12.5. The molecular weight excluding hydrogens is 282 g/mol. The van der Waals surface area contributed by atoms with Gasteiger partial charge in [-0.3, -0.25) is 4.79 Å². The summed E-state index contributed by atoms with van der Waals surface area (Å²) < 4.78 is 0. The van der Waals surface area contributed by atoms with Gasteiger partial charge >= 0.3 is 0 Å². The summed E-state index contributed by atoms with van der Waals surface area (Å²) in [7, 11) is 0. The highest BCUT2D eigenvalue weighted by Crippen LogP contribution is 2.49. The van der Waals surface area contributed by atoms with Crippen LogP contribution in [0.4, 0.5) is 0 Å². The van der Waals surface area contributed by atoms with Crippen molar-refractivity contribution >= 4 is 17.2 Å². The summed E-state index contributed by atoms with van der Waals surface area (Å²) in [4.78, 5) is 14.9. The molecule has 0 spiro atoms. The molecule has 0 saturated heterocycles. The Morgan fingerprint density at radius 2 is 2.10 bits per heavy atom. The lowest BCUT2D eigenvalue weighted by molar-refractivity contribution is -0.123. The first-order chi connectivity index (χ1) is 10.2. The van der Waals surface area contributed by atoms with Crippen molar-refractivity contribution in [2.24, 2.45) is 5.92 Å². The molecule has 3 nitrogen and oxygen atoms in total. The van der Waals surface area contributed by atoms with Crippen LogP contribution in [0.3, 0.4) is 0 Å². The molecule has 1 amide bonds. The van der Waals surface area contributed by atoms with Crippen molar-refractivity contribution < 1.29 is 9.90 Å². The number of carbonyl (C=O) groups excluding carboxylic acids is 1. The van der Waals surface area contributed by atoms with E-state index >= 15 is 0 Å². The Morgan fingerprint density at radius 1 is 1.33 bits per heavy atom. The van der Waals surface area contributed by atoms with Crippen molar-refractivity contribution in [3.63, 3.8) is 0 Å². The molecule has 1 heterocycles. The molecule has 110 valence electrons. The number of benzene rings is 1. The summed E-state index contributed by atoms with van der Waals surface area (Å²) in [6, 6.07) is 13.5. The summed E-state index contributed by atoms with van der Waals surface area (Å²) in [5.74, 6) is 0.466. The topological polar surface area (TPSA) is 49.3 Å². The second-order valence-corrected chi connectivity index (χ2v) is 6.87. The Hall–Kier alpha value is -1.65. The Kier molecular flexibility index (Phi) is 4.08. The van der Waals surface area contributed by atoms with Crippen LogP contribution in [-0.2, 0) is 4.79 Å². The highest BCUT2D eigenvalue weighted by Gasteiger charge is 2.45. The molecule has 2 aromatic rings. The van der Waals surface area contributed by atoms with Crippen LogP contribution in [0.15, 0.2) is 42.5 Å². The number of nitrogens with one attached hydrogen (secondary N) is 1. The first kappa shape index (κ1) is 14.3. The molecule has 4 heteroatoms. The first-order valence-corrected chi connectivity index (χ1v) is 8.03. The van der Waals surface area contributed by atoms with Gasteiger partial charge in [0, 0.05) is 21.6 Å². The van der Waals surface area contributed by atoms with Crippen molar-refractivity contribution in [1.29, 1.82) is 0 Å². The fourth-order valence-electron chi connectivity index (χ4n) is 2.65. The van der Waals surface area contributed by atoms with E-state index in [-0.39, 0.29) is 24.5 Å². The van der Waals surface area contributed by atoms with Crippen molar-refractivity contribution in [2.45, 2.75) is 25.3 Å². The third-order valence-electron chi connectivity index (χ3n) is 3.95. The van der Waals surface area contributed by atoms with Gasteiger partial charge in [0.25, 0.3) is 0 Å². The largest absolute Gasteiger partial charge is 0.394 e. The zero-order valence-corrected chi connectivity index (χ0v) is 12.8. The number of rotatable bonds is 5. The molecule has 1 aromatic carbocycles. The van der Waals surface area contributed by atoms with Crippen LogP contribution in [0.1, 0.15) is 33.7 Å². The van der Waals surface area contributed by atoms with Crippen molar-refractivity contribution in [2.75, 3.05) is 6.61 Å². The zero-order valence-electron chi connectivity index (χ0n) is 12.0. The fourth-order valence-corrected chi connectivity index (χ4v) is 3.71. The molecule has 21 heavy (non-hydrogen) atoms. The van der Waals surface area contributed by atoms with E-state index in [1.165, 1.54) is 9.75 Å². The maximum atomic E-state index is 12.3. The number of amides is 1. The van der Waals surface area contributed by atoms with Gasteiger partial charge < -0.3 is 10.4 Å². The van der Waals surface area contributed by atoms with Gasteiger partial charge in [0.2, 0.25) is 5.91 Å². The van der Waals surface area contributed by atoms with Gasteiger partial charge in [0.15, 0.2) is 0 Å². The molecule has 1 aromatic heterocycles. The predicted octanol–water partition coefficient (Wildman–Crippen LogP) is 3.01.